The standard InChI is InChI=1S/C17H23N3O4/c1-11-4-6-12(7-5-11)15(17(23)24)19-16(22)13-3-2-8-20(9-13)10-14(18)21/h4-7,13,15H,2-3,8-10H2,1H3,(H2,18,21)(H,19,22)(H,23,24). The Balaban J connectivity index is 2.03. The molecular weight excluding hydrogens is 310 g/mol. The number of carbonyl (C=O) groups excluding carboxylic acids is 2. The lowest BCUT2D eigenvalue weighted by Gasteiger charge is -2.31. The van der Waals surface area contributed by atoms with Crippen LogP contribution in [0.5, 0.6) is 0 Å². The molecule has 130 valence electrons. The van der Waals surface area contributed by atoms with E-state index in [9.17, 15) is 19.5 Å². The molecule has 0 radical (unpaired) electrons. The second-order valence-electron chi connectivity index (χ2n) is 6.23. The second-order valence-corrected chi connectivity index (χ2v) is 6.23. The van der Waals surface area contributed by atoms with Crippen LogP contribution in [0.15, 0.2) is 24.3 Å². The number of nitrogens with two attached hydrogens (primary N) is 1. The van der Waals surface area contributed by atoms with Gasteiger partial charge in [-0.2, -0.15) is 0 Å². The minimum absolute atomic E-state index is 0.115. The summed E-state index contributed by atoms with van der Waals surface area (Å²) in [5, 5.41) is 12.0. The number of carboxylic acids is 1. The van der Waals surface area contributed by atoms with Gasteiger partial charge in [0.25, 0.3) is 0 Å². The van der Waals surface area contributed by atoms with Crippen LogP contribution in [-0.2, 0) is 14.4 Å². The summed E-state index contributed by atoms with van der Waals surface area (Å²) in [4.78, 5) is 36.9. The van der Waals surface area contributed by atoms with E-state index < -0.39 is 17.9 Å². The van der Waals surface area contributed by atoms with E-state index in [2.05, 4.69) is 5.32 Å². The van der Waals surface area contributed by atoms with Crippen LogP contribution in [-0.4, -0.2) is 47.4 Å². The number of rotatable bonds is 6. The van der Waals surface area contributed by atoms with Crippen LogP contribution in [0.2, 0.25) is 0 Å². The third kappa shape index (κ3) is 4.79. The first-order chi connectivity index (χ1) is 11.4. The molecule has 0 bridgehead atoms. The van der Waals surface area contributed by atoms with E-state index >= 15 is 0 Å². The smallest absolute Gasteiger partial charge is 0.330 e. The highest BCUT2D eigenvalue weighted by molar-refractivity contribution is 5.86. The van der Waals surface area contributed by atoms with Gasteiger partial charge in [0.15, 0.2) is 6.04 Å². The Labute approximate surface area is 140 Å². The maximum absolute atomic E-state index is 12.5. The average molecular weight is 333 g/mol. The van der Waals surface area contributed by atoms with Crippen molar-refractivity contribution in [2.24, 2.45) is 11.7 Å². The van der Waals surface area contributed by atoms with E-state index in [0.29, 0.717) is 25.1 Å². The topological polar surface area (TPSA) is 113 Å². The minimum atomic E-state index is -1.10. The van der Waals surface area contributed by atoms with Gasteiger partial charge in [0.1, 0.15) is 0 Å². The number of benzene rings is 1. The number of primary amides is 1. The number of piperidine rings is 1. The number of aliphatic carboxylic acids is 1. The van der Waals surface area contributed by atoms with Crippen molar-refractivity contribution >= 4 is 17.8 Å². The molecule has 1 fully saturated rings. The predicted molar refractivity (Wildman–Crippen MR) is 88.1 cm³/mol. The van der Waals surface area contributed by atoms with Crippen LogP contribution in [0.4, 0.5) is 0 Å². The van der Waals surface area contributed by atoms with E-state index in [-0.39, 0.29) is 18.4 Å². The van der Waals surface area contributed by atoms with Crippen molar-refractivity contribution < 1.29 is 19.5 Å². The number of hydrogen-bond acceptors (Lipinski definition) is 4. The molecule has 1 heterocycles. The molecule has 1 saturated heterocycles. The van der Waals surface area contributed by atoms with Crippen LogP contribution in [0, 0.1) is 12.8 Å². The fourth-order valence-electron chi connectivity index (χ4n) is 2.94. The van der Waals surface area contributed by atoms with Gasteiger partial charge in [0, 0.05) is 6.54 Å². The lowest BCUT2D eigenvalue weighted by molar-refractivity contribution is -0.143. The van der Waals surface area contributed by atoms with Gasteiger partial charge in [-0.15, -0.1) is 0 Å². The number of hydrogen-bond donors (Lipinski definition) is 3. The summed E-state index contributed by atoms with van der Waals surface area (Å²) >= 11 is 0. The number of nitrogens with one attached hydrogen (secondary N) is 1. The van der Waals surface area contributed by atoms with Gasteiger partial charge in [-0.3, -0.25) is 14.5 Å². The monoisotopic (exact) mass is 333 g/mol. The molecule has 1 aliphatic rings. The van der Waals surface area contributed by atoms with Gasteiger partial charge in [-0.25, -0.2) is 4.79 Å². The van der Waals surface area contributed by atoms with Gasteiger partial charge in [0.05, 0.1) is 12.5 Å². The van der Waals surface area contributed by atoms with Gasteiger partial charge in [-0.05, 0) is 31.9 Å². The first kappa shape index (κ1) is 17.9. The first-order valence-corrected chi connectivity index (χ1v) is 7.97. The summed E-state index contributed by atoms with van der Waals surface area (Å²) in [5.74, 6) is -2.18. The Morgan fingerprint density at radius 2 is 2.00 bits per heavy atom. The molecule has 2 rings (SSSR count). The second kappa shape index (κ2) is 7.92. The van der Waals surface area contributed by atoms with Crippen molar-refractivity contribution in [1.29, 1.82) is 0 Å². The molecule has 0 spiro atoms. The highest BCUT2D eigenvalue weighted by Gasteiger charge is 2.30. The van der Waals surface area contributed by atoms with E-state index in [1.807, 2.05) is 24.0 Å². The molecule has 4 N–H and O–H groups in total. The van der Waals surface area contributed by atoms with Crippen LogP contribution >= 0.6 is 0 Å². The largest absolute Gasteiger partial charge is 0.479 e. The van der Waals surface area contributed by atoms with Crippen molar-refractivity contribution in [3.8, 4) is 0 Å². The molecule has 1 aliphatic heterocycles. The van der Waals surface area contributed by atoms with E-state index in [0.717, 1.165) is 12.0 Å². The number of carboxylic acid groups (broad SMARTS) is 1. The van der Waals surface area contributed by atoms with Crippen molar-refractivity contribution in [1.82, 2.24) is 10.2 Å². The summed E-state index contributed by atoms with van der Waals surface area (Å²) in [7, 11) is 0. The highest BCUT2D eigenvalue weighted by Crippen LogP contribution is 2.19. The zero-order valence-electron chi connectivity index (χ0n) is 13.7. The molecule has 1 aromatic rings. The molecular formula is C17H23N3O4. The van der Waals surface area contributed by atoms with Crippen LogP contribution in [0.25, 0.3) is 0 Å². The molecule has 7 heteroatoms. The fraction of sp³-hybridized carbons (Fsp3) is 0.471. The maximum Gasteiger partial charge on any atom is 0.330 e. The number of nitrogens with zero attached hydrogens (tertiary/aromatic N) is 1. The minimum Gasteiger partial charge on any atom is -0.479 e. The van der Waals surface area contributed by atoms with Crippen molar-refractivity contribution in [3.63, 3.8) is 0 Å². The fourth-order valence-corrected chi connectivity index (χ4v) is 2.94. The summed E-state index contributed by atoms with van der Waals surface area (Å²) in [6, 6.07) is 5.95. The normalized spacial score (nSPS) is 19.5. The molecule has 2 unspecified atom stereocenters. The highest BCUT2D eigenvalue weighted by atomic mass is 16.4. The maximum atomic E-state index is 12.5. The zero-order valence-corrected chi connectivity index (χ0v) is 13.7. The Morgan fingerprint density at radius 3 is 2.58 bits per heavy atom. The lowest BCUT2D eigenvalue weighted by Crippen LogP contribution is -2.47. The number of aryl methyl sites for hydroxylation is 1. The lowest BCUT2D eigenvalue weighted by atomic mass is 9.96. The first-order valence-electron chi connectivity index (χ1n) is 7.97. The van der Waals surface area contributed by atoms with Crippen molar-refractivity contribution in [2.45, 2.75) is 25.8 Å². The zero-order chi connectivity index (χ0) is 17.7. The molecule has 24 heavy (non-hydrogen) atoms. The third-order valence-electron chi connectivity index (χ3n) is 4.20. The molecule has 2 amide bonds. The Kier molecular flexibility index (Phi) is 5.92. The van der Waals surface area contributed by atoms with Gasteiger partial charge < -0.3 is 16.2 Å². The van der Waals surface area contributed by atoms with Crippen LogP contribution < -0.4 is 11.1 Å². The van der Waals surface area contributed by atoms with Crippen molar-refractivity contribution in [3.05, 3.63) is 35.4 Å². The molecule has 1 aromatic carbocycles. The van der Waals surface area contributed by atoms with Gasteiger partial charge >= 0.3 is 5.97 Å². The molecule has 7 nitrogen and oxygen atoms in total. The molecule has 0 aromatic heterocycles. The van der Waals surface area contributed by atoms with E-state index in [1.54, 1.807) is 12.1 Å². The quantitative estimate of drug-likeness (QED) is 0.699. The van der Waals surface area contributed by atoms with Crippen LogP contribution in [0.3, 0.4) is 0 Å². The third-order valence-corrected chi connectivity index (χ3v) is 4.20. The van der Waals surface area contributed by atoms with E-state index in [1.165, 1.54) is 0 Å². The summed E-state index contributed by atoms with van der Waals surface area (Å²) < 4.78 is 0. The summed E-state index contributed by atoms with van der Waals surface area (Å²) in [6.07, 6.45) is 1.44. The van der Waals surface area contributed by atoms with Gasteiger partial charge in [0.2, 0.25) is 11.8 Å². The summed E-state index contributed by atoms with van der Waals surface area (Å²) in [6.45, 7) is 3.15. The Bertz CT molecular complexity index is 615. The van der Waals surface area contributed by atoms with E-state index in [4.69, 9.17) is 5.73 Å². The number of likely N-dealkylation sites (tertiary alicyclic amines) is 1. The molecule has 2 atom stereocenters. The number of amides is 2. The van der Waals surface area contributed by atoms with Crippen LogP contribution in [0.1, 0.15) is 30.0 Å². The Hall–Kier alpha value is -2.41. The Morgan fingerprint density at radius 1 is 1.33 bits per heavy atom. The average Bonchev–Trinajstić information content (AvgIpc) is 2.53. The summed E-state index contributed by atoms with van der Waals surface area (Å²) in [5.41, 5.74) is 6.75. The SMILES string of the molecule is Cc1ccc(C(NC(=O)C2CCCN(CC(N)=O)C2)C(=O)O)cc1. The number of carbonyl (C=O) groups is 3. The predicted octanol–water partition coefficient (Wildman–Crippen LogP) is 0.434. The molecule has 0 saturated carbocycles. The van der Waals surface area contributed by atoms with Gasteiger partial charge in [-0.1, -0.05) is 29.8 Å². The van der Waals surface area contributed by atoms with Crippen molar-refractivity contribution in [2.75, 3.05) is 19.6 Å². The molecule has 0 aliphatic carbocycles.